The van der Waals surface area contributed by atoms with Crippen LogP contribution in [0.15, 0.2) is 29.3 Å². The highest BCUT2D eigenvalue weighted by atomic mass is 16.5. The fourth-order valence-corrected chi connectivity index (χ4v) is 3.18. The van der Waals surface area contributed by atoms with Gasteiger partial charge in [-0.2, -0.15) is 0 Å². The van der Waals surface area contributed by atoms with Crippen molar-refractivity contribution >= 4 is 17.6 Å². The van der Waals surface area contributed by atoms with Gasteiger partial charge in [-0.1, -0.05) is 25.5 Å². The fourth-order valence-electron chi connectivity index (χ4n) is 3.18. The Bertz CT molecular complexity index is 634. The van der Waals surface area contributed by atoms with Gasteiger partial charge in [0, 0.05) is 38.3 Å². The van der Waals surface area contributed by atoms with E-state index in [1.807, 2.05) is 36.1 Å². The minimum absolute atomic E-state index is 0.223. The summed E-state index contributed by atoms with van der Waals surface area (Å²) in [5.41, 5.74) is 2.09. The van der Waals surface area contributed by atoms with Crippen LogP contribution in [0, 0.1) is 0 Å². The molecule has 0 saturated carbocycles. The van der Waals surface area contributed by atoms with Crippen LogP contribution in [0.1, 0.15) is 51.5 Å². The van der Waals surface area contributed by atoms with Gasteiger partial charge in [0.2, 0.25) is 5.91 Å². The van der Waals surface area contributed by atoms with E-state index in [0.717, 1.165) is 62.6 Å². The Kier molecular flexibility index (Phi) is 11.9. The molecule has 2 rings (SSSR count). The lowest BCUT2D eigenvalue weighted by Gasteiger charge is -2.26. The molecule has 1 saturated heterocycles. The minimum atomic E-state index is 0.223. The van der Waals surface area contributed by atoms with E-state index in [1.165, 1.54) is 0 Å². The molecule has 168 valence electrons. The molecular formula is C23H38N4O3. The molecule has 1 aliphatic heterocycles. The number of hydrogen-bond donors (Lipinski definition) is 2. The Labute approximate surface area is 181 Å². The minimum Gasteiger partial charge on any atom is -0.379 e. The van der Waals surface area contributed by atoms with Crippen molar-refractivity contribution in [2.24, 2.45) is 4.99 Å². The molecule has 30 heavy (non-hydrogen) atoms. The number of benzene rings is 1. The first-order valence-corrected chi connectivity index (χ1v) is 11.3. The highest BCUT2D eigenvalue weighted by Gasteiger charge is 2.19. The molecule has 7 heteroatoms. The van der Waals surface area contributed by atoms with Crippen LogP contribution in [0.5, 0.6) is 0 Å². The zero-order valence-corrected chi connectivity index (χ0v) is 18.6. The summed E-state index contributed by atoms with van der Waals surface area (Å²) in [5.74, 6) is 0.996. The SMILES string of the molecule is CCCCOCCOCCNC(=NCc1ccc(N2CCCCC2=O)cc1)NCC. The van der Waals surface area contributed by atoms with E-state index in [1.54, 1.807) is 0 Å². The fraction of sp³-hybridized carbons (Fsp3) is 0.652. The second-order valence-corrected chi connectivity index (χ2v) is 7.37. The highest BCUT2D eigenvalue weighted by molar-refractivity contribution is 5.93. The van der Waals surface area contributed by atoms with Gasteiger partial charge >= 0.3 is 0 Å². The molecule has 0 radical (unpaired) electrons. The molecule has 2 N–H and O–H groups in total. The van der Waals surface area contributed by atoms with Gasteiger partial charge in [-0.05, 0) is 43.9 Å². The van der Waals surface area contributed by atoms with Crippen molar-refractivity contribution in [3.05, 3.63) is 29.8 Å². The van der Waals surface area contributed by atoms with Gasteiger partial charge in [0.1, 0.15) is 0 Å². The van der Waals surface area contributed by atoms with Crippen LogP contribution in [0.2, 0.25) is 0 Å². The quantitative estimate of drug-likeness (QED) is 0.293. The third kappa shape index (κ3) is 9.13. The van der Waals surface area contributed by atoms with Crippen LogP contribution >= 0.6 is 0 Å². The molecule has 0 bridgehead atoms. The third-order valence-corrected chi connectivity index (χ3v) is 4.89. The number of unbranched alkanes of at least 4 members (excludes halogenated alkanes) is 1. The summed E-state index contributed by atoms with van der Waals surface area (Å²) >= 11 is 0. The maximum Gasteiger partial charge on any atom is 0.226 e. The Morgan fingerprint density at radius 3 is 2.50 bits per heavy atom. The maximum atomic E-state index is 12.1. The molecule has 0 aromatic heterocycles. The zero-order chi connectivity index (χ0) is 21.4. The van der Waals surface area contributed by atoms with Crippen LogP contribution in [-0.4, -0.2) is 57.9 Å². The van der Waals surface area contributed by atoms with Crippen molar-refractivity contribution in [2.75, 3.05) is 51.0 Å². The van der Waals surface area contributed by atoms with Crippen LogP contribution in [0.25, 0.3) is 0 Å². The second kappa shape index (κ2) is 14.8. The van der Waals surface area contributed by atoms with E-state index in [2.05, 4.69) is 22.5 Å². The standard InChI is InChI=1S/C23H38N4O3/c1-3-5-15-29-17-18-30-16-13-25-23(24-4-2)26-19-20-9-11-21(12-10-20)27-14-7-6-8-22(27)28/h9-12H,3-8,13-19H2,1-2H3,(H2,24,25,26). The van der Waals surface area contributed by atoms with E-state index >= 15 is 0 Å². The van der Waals surface area contributed by atoms with E-state index in [0.29, 0.717) is 39.3 Å². The van der Waals surface area contributed by atoms with Crippen molar-refractivity contribution in [3.8, 4) is 0 Å². The number of aliphatic imine (C=N–C) groups is 1. The van der Waals surface area contributed by atoms with Gasteiger partial charge in [-0.25, -0.2) is 4.99 Å². The number of hydrogen-bond acceptors (Lipinski definition) is 4. The molecule has 1 aromatic rings. The van der Waals surface area contributed by atoms with Crippen LogP contribution in [0.4, 0.5) is 5.69 Å². The van der Waals surface area contributed by atoms with Crippen LogP contribution in [-0.2, 0) is 20.8 Å². The summed E-state index contributed by atoms with van der Waals surface area (Å²) in [7, 11) is 0. The number of rotatable bonds is 13. The molecule has 0 spiro atoms. The van der Waals surface area contributed by atoms with Gasteiger partial charge < -0.3 is 25.0 Å². The Hall–Kier alpha value is -2.12. The second-order valence-electron chi connectivity index (χ2n) is 7.37. The number of amides is 1. The smallest absolute Gasteiger partial charge is 0.226 e. The van der Waals surface area contributed by atoms with Gasteiger partial charge in [0.15, 0.2) is 5.96 Å². The molecule has 7 nitrogen and oxygen atoms in total. The number of carbonyl (C=O) groups excluding carboxylic acids is 1. The average molecular weight is 419 g/mol. The van der Waals surface area contributed by atoms with E-state index < -0.39 is 0 Å². The number of ether oxygens (including phenoxy) is 2. The molecule has 0 unspecified atom stereocenters. The Morgan fingerprint density at radius 2 is 1.80 bits per heavy atom. The topological polar surface area (TPSA) is 75.2 Å². The van der Waals surface area contributed by atoms with Gasteiger partial charge in [0.25, 0.3) is 0 Å². The number of guanidine groups is 1. The summed E-state index contributed by atoms with van der Waals surface area (Å²) in [6, 6.07) is 8.13. The number of anilines is 1. The number of nitrogens with zero attached hydrogens (tertiary/aromatic N) is 2. The molecule has 0 aliphatic carbocycles. The largest absolute Gasteiger partial charge is 0.379 e. The highest BCUT2D eigenvalue weighted by Crippen LogP contribution is 2.21. The average Bonchev–Trinajstić information content (AvgIpc) is 2.77. The van der Waals surface area contributed by atoms with Crippen molar-refractivity contribution in [1.29, 1.82) is 0 Å². The summed E-state index contributed by atoms with van der Waals surface area (Å²) in [6.07, 6.45) is 4.98. The molecule has 0 atom stereocenters. The summed E-state index contributed by atoms with van der Waals surface area (Å²) in [4.78, 5) is 18.6. The van der Waals surface area contributed by atoms with Gasteiger partial charge in [0.05, 0.1) is 26.4 Å². The van der Waals surface area contributed by atoms with Crippen molar-refractivity contribution in [3.63, 3.8) is 0 Å². The number of carbonyl (C=O) groups is 1. The van der Waals surface area contributed by atoms with Crippen LogP contribution < -0.4 is 15.5 Å². The Morgan fingerprint density at radius 1 is 1.03 bits per heavy atom. The number of piperidine rings is 1. The van der Waals surface area contributed by atoms with E-state index in [4.69, 9.17) is 9.47 Å². The van der Waals surface area contributed by atoms with Crippen molar-refractivity contribution < 1.29 is 14.3 Å². The van der Waals surface area contributed by atoms with Crippen LogP contribution in [0.3, 0.4) is 0 Å². The molecule has 1 aliphatic rings. The van der Waals surface area contributed by atoms with Gasteiger partial charge in [-0.3, -0.25) is 4.79 Å². The Balaban J connectivity index is 1.71. The van der Waals surface area contributed by atoms with E-state index in [-0.39, 0.29) is 5.91 Å². The first-order valence-electron chi connectivity index (χ1n) is 11.3. The molecular weight excluding hydrogens is 380 g/mol. The zero-order valence-electron chi connectivity index (χ0n) is 18.6. The van der Waals surface area contributed by atoms with E-state index in [9.17, 15) is 4.79 Å². The molecule has 1 heterocycles. The predicted molar refractivity (Wildman–Crippen MR) is 122 cm³/mol. The normalized spacial score (nSPS) is 14.8. The monoisotopic (exact) mass is 418 g/mol. The molecule has 1 fully saturated rings. The van der Waals surface area contributed by atoms with Crippen molar-refractivity contribution in [2.45, 2.75) is 52.5 Å². The third-order valence-electron chi connectivity index (χ3n) is 4.89. The van der Waals surface area contributed by atoms with Gasteiger partial charge in [-0.15, -0.1) is 0 Å². The lowest BCUT2D eigenvalue weighted by Crippen LogP contribution is -2.39. The predicted octanol–water partition coefficient (Wildman–Crippen LogP) is 3.09. The summed E-state index contributed by atoms with van der Waals surface area (Å²) in [6.45, 7) is 9.77. The first-order chi connectivity index (χ1) is 14.7. The lowest BCUT2D eigenvalue weighted by atomic mass is 10.1. The molecule has 1 amide bonds. The maximum absolute atomic E-state index is 12.1. The lowest BCUT2D eigenvalue weighted by molar-refractivity contribution is -0.119. The molecule has 1 aromatic carbocycles. The summed E-state index contributed by atoms with van der Waals surface area (Å²) < 4.78 is 11.1. The summed E-state index contributed by atoms with van der Waals surface area (Å²) in [5, 5.41) is 6.54. The number of nitrogens with one attached hydrogen (secondary N) is 2. The van der Waals surface area contributed by atoms with Crippen molar-refractivity contribution in [1.82, 2.24) is 10.6 Å². The first kappa shape index (κ1) is 24.2.